The fraction of sp³-hybridized carbons (Fsp3) is 0.455. The van der Waals surface area contributed by atoms with Crippen molar-refractivity contribution < 1.29 is 19.1 Å². The number of carbonyl (C=O) groups is 2. The average Bonchev–Trinajstić information content (AvgIpc) is 2.47. The maximum absolute atomic E-state index is 11.8. The summed E-state index contributed by atoms with van der Waals surface area (Å²) in [7, 11) is 0. The molecule has 2 rings (SSSR count). The first kappa shape index (κ1) is 10.7. The number of carboxylic acid groups (broad SMARTS) is 1. The van der Waals surface area contributed by atoms with Crippen molar-refractivity contribution in [2.45, 2.75) is 26.2 Å². The normalized spacial score (nSPS) is 17.6. The average molecular weight is 223 g/mol. The minimum atomic E-state index is -1.25. The number of furan rings is 1. The van der Waals surface area contributed by atoms with Gasteiger partial charge in [-0.1, -0.05) is 6.42 Å². The molecule has 5 nitrogen and oxygen atoms in total. The van der Waals surface area contributed by atoms with Crippen LogP contribution in [0.4, 0.5) is 5.88 Å². The van der Waals surface area contributed by atoms with Crippen molar-refractivity contribution in [3.63, 3.8) is 0 Å². The standard InChI is InChI=1S/C11H13NO4/c1-7-3-4-8(16-7)12-9(13)11(10(14)15)5-2-6-11/h3-4H,2,5-6H2,1H3,(H,12,13)(H,14,15). The van der Waals surface area contributed by atoms with Gasteiger partial charge in [-0.3, -0.25) is 14.9 Å². The lowest BCUT2D eigenvalue weighted by Gasteiger charge is -2.35. The smallest absolute Gasteiger partial charge is 0.319 e. The van der Waals surface area contributed by atoms with E-state index in [9.17, 15) is 9.59 Å². The molecule has 1 aromatic heterocycles. The molecule has 0 saturated heterocycles. The van der Waals surface area contributed by atoms with Crippen LogP contribution in [0.15, 0.2) is 16.5 Å². The van der Waals surface area contributed by atoms with Gasteiger partial charge in [0.2, 0.25) is 5.91 Å². The molecule has 1 aliphatic carbocycles. The zero-order chi connectivity index (χ0) is 11.8. The summed E-state index contributed by atoms with van der Waals surface area (Å²) < 4.78 is 5.17. The van der Waals surface area contributed by atoms with Gasteiger partial charge in [0, 0.05) is 6.07 Å². The van der Waals surface area contributed by atoms with Gasteiger partial charge in [0.15, 0.2) is 5.88 Å². The molecule has 5 heteroatoms. The molecule has 1 aromatic rings. The quantitative estimate of drug-likeness (QED) is 0.765. The summed E-state index contributed by atoms with van der Waals surface area (Å²) in [5, 5.41) is 11.5. The van der Waals surface area contributed by atoms with Crippen molar-refractivity contribution >= 4 is 17.8 Å². The summed E-state index contributed by atoms with van der Waals surface area (Å²) in [6.45, 7) is 1.76. The van der Waals surface area contributed by atoms with Crippen molar-refractivity contribution in [2.24, 2.45) is 5.41 Å². The highest BCUT2D eigenvalue weighted by atomic mass is 16.4. The Bertz CT molecular complexity index is 431. The van der Waals surface area contributed by atoms with Crippen molar-refractivity contribution in [3.8, 4) is 0 Å². The van der Waals surface area contributed by atoms with E-state index in [2.05, 4.69) is 5.32 Å². The number of aryl methyl sites for hydroxylation is 1. The Morgan fingerprint density at radius 3 is 2.50 bits per heavy atom. The second-order valence-electron chi connectivity index (χ2n) is 4.11. The number of rotatable bonds is 3. The highest BCUT2D eigenvalue weighted by Gasteiger charge is 2.51. The first-order valence-electron chi connectivity index (χ1n) is 5.16. The lowest BCUT2D eigenvalue weighted by atomic mass is 9.68. The van der Waals surface area contributed by atoms with Crippen LogP contribution < -0.4 is 5.32 Å². The van der Waals surface area contributed by atoms with Crippen molar-refractivity contribution in [3.05, 3.63) is 17.9 Å². The molecule has 0 aliphatic heterocycles. The first-order valence-corrected chi connectivity index (χ1v) is 5.16. The number of carbonyl (C=O) groups excluding carboxylic acids is 1. The fourth-order valence-corrected chi connectivity index (χ4v) is 1.80. The Morgan fingerprint density at radius 1 is 1.44 bits per heavy atom. The van der Waals surface area contributed by atoms with Gasteiger partial charge in [-0.2, -0.15) is 0 Å². The Labute approximate surface area is 92.4 Å². The van der Waals surface area contributed by atoms with Crippen LogP contribution in [0.3, 0.4) is 0 Å². The van der Waals surface area contributed by atoms with Crippen LogP contribution in [-0.2, 0) is 9.59 Å². The van der Waals surface area contributed by atoms with E-state index in [1.165, 1.54) is 0 Å². The summed E-state index contributed by atoms with van der Waals surface area (Å²) >= 11 is 0. The molecule has 86 valence electrons. The minimum absolute atomic E-state index is 0.301. The molecule has 0 radical (unpaired) electrons. The fourth-order valence-electron chi connectivity index (χ4n) is 1.80. The molecule has 1 saturated carbocycles. The Balaban J connectivity index is 2.10. The number of nitrogens with one attached hydrogen (secondary N) is 1. The molecule has 0 aromatic carbocycles. The topological polar surface area (TPSA) is 79.5 Å². The molecule has 1 fully saturated rings. The molecule has 1 heterocycles. The number of amides is 1. The van der Waals surface area contributed by atoms with Gasteiger partial charge < -0.3 is 9.52 Å². The van der Waals surface area contributed by atoms with E-state index < -0.39 is 17.3 Å². The Hall–Kier alpha value is -1.78. The summed E-state index contributed by atoms with van der Waals surface area (Å²) in [6, 6.07) is 3.32. The lowest BCUT2D eigenvalue weighted by Crippen LogP contribution is -2.48. The summed E-state index contributed by atoms with van der Waals surface area (Å²) in [6.07, 6.45) is 1.57. The molecule has 0 atom stereocenters. The van der Waals surface area contributed by atoms with Crippen LogP contribution >= 0.6 is 0 Å². The Kier molecular flexibility index (Phi) is 2.46. The number of hydrogen-bond donors (Lipinski definition) is 2. The third-order valence-corrected chi connectivity index (χ3v) is 3.03. The highest BCUT2D eigenvalue weighted by Crippen LogP contribution is 2.42. The van der Waals surface area contributed by atoms with Crippen LogP contribution in [-0.4, -0.2) is 17.0 Å². The first-order chi connectivity index (χ1) is 7.54. The van der Waals surface area contributed by atoms with Gasteiger partial charge in [0.25, 0.3) is 0 Å². The van der Waals surface area contributed by atoms with Gasteiger partial charge in [-0.25, -0.2) is 0 Å². The second kappa shape index (κ2) is 3.66. The van der Waals surface area contributed by atoms with Gasteiger partial charge >= 0.3 is 5.97 Å². The van der Waals surface area contributed by atoms with E-state index in [0.29, 0.717) is 24.5 Å². The number of aliphatic carboxylic acids is 1. The van der Waals surface area contributed by atoms with Crippen molar-refractivity contribution in [1.29, 1.82) is 0 Å². The van der Waals surface area contributed by atoms with Crippen LogP contribution in [0, 0.1) is 12.3 Å². The largest absolute Gasteiger partial charge is 0.480 e. The van der Waals surface area contributed by atoms with E-state index >= 15 is 0 Å². The van der Waals surface area contributed by atoms with Gasteiger partial charge in [0.05, 0.1) is 0 Å². The van der Waals surface area contributed by atoms with Crippen molar-refractivity contribution in [2.75, 3.05) is 5.32 Å². The highest BCUT2D eigenvalue weighted by molar-refractivity contribution is 6.08. The third-order valence-electron chi connectivity index (χ3n) is 3.03. The molecular formula is C11H13NO4. The monoisotopic (exact) mass is 223 g/mol. The molecule has 16 heavy (non-hydrogen) atoms. The van der Waals surface area contributed by atoms with Gasteiger partial charge in [-0.05, 0) is 25.8 Å². The van der Waals surface area contributed by atoms with Gasteiger partial charge in [-0.15, -0.1) is 0 Å². The Morgan fingerprint density at radius 2 is 2.12 bits per heavy atom. The number of anilines is 1. The zero-order valence-electron chi connectivity index (χ0n) is 8.95. The van der Waals surface area contributed by atoms with Crippen LogP contribution in [0.1, 0.15) is 25.0 Å². The molecule has 0 unspecified atom stereocenters. The third kappa shape index (κ3) is 1.58. The summed E-state index contributed by atoms with van der Waals surface area (Å²) in [5.74, 6) is -0.566. The second-order valence-corrected chi connectivity index (χ2v) is 4.11. The maximum Gasteiger partial charge on any atom is 0.319 e. The number of carboxylic acids is 1. The van der Waals surface area contributed by atoms with E-state index in [-0.39, 0.29) is 0 Å². The molecule has 1 aliphatic rings. The summed E-state index contributed by atoms with van der Waals surface area (Å²) in [5.41, 5.74) is -1.25. The van der Waals surface area contributed by atoms with Crippen LogP contribution in [0.25, 0.3) is 0 Å². The SMILES string of the molecule is Cc1ccc(NC(=O)C2(C(=O)O)CCC2)o1. The van der Waals surface area contributed by atoms with Crippen LogP contribution in [0.5, 0.6) is 0 Å². The molecule has 0 spiro atoms. The molecule has 0 bridgehead atoms. The molecule has 2 N–H and O–H groups in total. The predicted octanol–water partition coefficient (Wildman–Crippen LogP) is 1.78. The van der Waals surface area contributed by atoms with E-state index in [1.807, 2.05) is 0 Å². The van der Waals surface area contributed by atoms with E-state index in [0.717, 1.165) is 6.42 Å². The van der Waals surface area contributed by atoms with Crippen molar-refractivity contribution in [1.82, 2.24) is 0 Å². The molecule has 1 amide bonds. The summed E-state index contributed by atoms with van der Waals surface area (Å²) in [4.78, 5) is 22.9. The lowest BCUT2D eigenvalue weighted by molar-refractivity contribution is -0.159. The predicted molar refractivity (Wildman–Crippen MR) is 56.0 cm³/mol. The van der Waals surface area contributed by atoms with Gasteiger partial charge in [0.1, 0.15) is 11.2 Å². The van der Waals surface area contributed by atoms with Crippen LogP contribution in [0.2, 0.25) is 0 Å². The maximum atomic E-state index is 11.8. The van der Waals surface area contributed by atoms with E-state index in [4.69, 9.17) is 9.52 Å². The number of hydrogen-bond acceptors (Lipinski definition) is 3. The zero-order valence-corrected chi connectivity index (χ0v) is 8.95. The minimum Gasteiger partial charge on any atom is -0.480 e. The molecular weight excluding hydrogens is 210 g/mol. The van der Waals surface area contributed by atoms with E-state index in [1.54, 1.807) is 19.1 Å².